The summed E-state index contributed by atoms with van der Waals surface area (Å²) in [5, 5.41) is 11.1. The maximum atomic E-state index is 11.6. The largest absolute Gasteiger partial charge is 0.480 e. The number of amides is 1. The molecule has 1 atom stereocenters. The molecule has 1 amide bonds. The number of nitrogens with one attached hydrogen (secondary N) is 1. The fraction of sp³-hybridized carbons (Fsp3) is 0.300. The maximum absolute atomic E-state index is 11.6. The van der Waals surface area contributed by atoms with E-state index in [1.807, 2.05) is 0 Å². The van der Waals surface area contributed by atoms with E-state index in [4.69, 9.17) is 10.8 Å². The molecule has 4 N–H and O–H groups in total. The Balaban J connectivity index is 2.70. The molecule has 7 heteroatoms. The van der Waals surface area contributed by atoms with Crippen LogP contribution in [0, 0.1) is 0 Å². The number of carboxylic acids is 1. The van der Waals surface area contributed by atoms with Gasteiger partial charge in [0.1, 0.15) is 5.69 Å². The summed E-state index contributed by atoms with van der Waals surface area (Å²) in [6.07, 6.45) is 1.32. The summed E-state index contributed by atoms with van der Waals surface area (Å²) in [6, 6.07) is 1.82. The molecule has 0 radical (unpaired) electrons. The van der Waals surface area contributed by atoms with Gasteiger partial charge in [0.05, 0.1) is 18.5 Å². The van der Waals surface area contributed by atoms with Crippen LogP contribution in [0.2, 0.25) is 0 Å². The molecular formula is C10H13N3O4. The van der Waals surface area contributed by atoms with Gasteiger partial charge in [0.25, 0.3) is 5.91 Å². The molecule has 1 heterocycles. The van der Waals surface area contributed by atoms with Gasteiger partial charge in [-0.1, -0.05) is 0 Å². The van der Waals surface area contributed by atoms with Crippen molar-refractivity contribution in [1.29, 1.82) is 0 Å². The molecule has 0 spiro atoms. The lowest BCUT2D eigenvalue weighted by atomic mass is 10.2. The first kappa shape index (κ1) is 12.9. The first-order valence-corrected chi connectivity index (χ1v) is 4.78. The summed E-state index contributed by atoms with van der Waals surface area (Å²) in [5.74, 6) is -1.76. The molecule has 7 nitrogen and oxygen atoms in total. The second-order valence-corrected chi connectivity index (χ2v) is 3.30. The van der Waals surface area contributed by atoms with Gasteiger partial charge < -0.3 is 20.9 Å². The smallest absolute Gasteiger partial charge is 0.328 e. The summed E-state index contributed by atoms with van der Waals surface area (Å²) < 4.78 is 4.69. The van der Waals surface area contributed by atoms with Gasteiger partial charge >= 0.3 is 5.97 Å². The average Bonchev–Trinajstić information content (AvgIpc) is 2.29. The molecule has 0 bridgehead atoms. The number of hydrogen-bond acceptors (Lipinski definition) is 5. The maximum Gasteiger partial charge on any atom is 0.328 e. The van der Waals surface area contributed by atoms with Gasteiger partial charge in [0, 0.05) is 7.11 Å². The van der Waals surface area contributed by atoms with Crippen molar-refractivity contribution in [3.8, 4) is 0 Å². The van der Waals surface area contributed by atoms with Gasteiger partial charge in [0.15, 0.2) is 6.04 Å². The lowest BCUT2D eigenvalue weighted by molar-refractivity contribution is -0.140. The average molecular weight is 239 g/mol. The second-order valence-electron chi connectivity index (χ2n) is 3.30. The van der Waals surface area contributed by atoms with Crippen LogP contribution in [0.25, 0.3) is 0 Å². The second kappa shape index (κ2) is 5.80. The quantitative estimate of drug-likeness (QED) is 0.637. The molecule has 1 aromatic heterocycles. The lowest BCUT2D eigenvalue weighted by Crippen LogP contribution is -2.44. The van der Waals surface area contributed by atoms with Crippen LogP contribution in [-0.4, -0.2) is 41.7 Å². The summed E-state index contributed by atoms with van der Waals surface area (Å²) in [5.41, 5.74) is 5.94. The van der Waals surface area contributed by atoms with Gasteiger partial charge in [-0.2, -0.15) is 0 Å². The SMILES string of the molecule is COCC(NC(=O)c1ccc(N)cn1)C(=O)O. The first-order valence-electron chi connectivity index (χ1n) is 4.78. The molecule has 0 saturated carbocycles. The van der Waals surface area contributed by atoms with E-state index in [-0.39, 0.29) is 12.3 Å². The van der Waals surface area contributed by atoms with Crippen LogP contribution in [0.1, 0.15) is 10.5 Å². The Labute approximate surface area is 97.6 Å². The van der Waals surface area contributed by atoms with Crippen molar-refractivity contribution in [2.24, 2.45) is 0 Å². The number of carbonyl (C=O) groups excluding carboxylic acids is 1. The number of ether oxygens (including phenoxy) is 1. The zero-order valence-corrected chi connectivity index (χ0v) is 9.21. The van der Waals surface area contributed by atoms with Crippen LogP contribution in [-0.2, 0) is 9.53 Å². The van der Waals surface area contributed by atoms with Crippen molar-refractivity contribution in [2.45, 2.75) is 6.04 Å². The first-order chi connectivity index (χ1) is 8.04. The van der Waals surface area contributed by atoms with Crippen LogP contribution in [0.15, 0.2) is 18.3 Å². The van der Waals surface area contributed by atoms with E-state index in [1.54, 1.807) is 0 Å². The third-order valence-corrected chi connectivity index (χ3v) is 1.96. The number of aliphatic carboxylic acids is 1. The van der Waals surface area contributed by atoms with Gasteiger partial charge in [0.2, 0.25) is 0 Å². The summed E-state index contributed by atoms with van der Waals surface area (Å²) >= 11 is 0. The highest BCUT2D eigenvalue weighted by molar-refractivity contribution is 5.95. The fourth-order valence-corrected chi connectivity index (χ4v) is 1.11. The summed E-state index contributed by atoms with van der Waals surface area (Å²) in [6.45, 7) is -0.115. The monoisotopic (exact) mass is 239 g/mol. The normalized spacial score (nSPS) is 11.8. The molecule has 1 unspecified atom stereocenters. The van der Waals surface area contributed by atoms with Crippen molar-refractivity contribution in [1.82, 2.24) is 10.3 Å². The van der Waals surface area contributed by atoms with Gasteiger partial charge in [-0.3, -0.25) is 4.79 Å². The number of carbonyl (C=O) groups is 2. The van der Waals surface area contributed by atoms with E-state index in [1.165, 1.54) is 25.4 Å². The van der Waals surface area contributed by atoms with E-state index >= 15 is 0 Å². The predicted molar refractivity (Wildman–Crippen MR) is 59.4 cm³/mol. The van der Waals surface area contributed by atoms with Crippen LogP contribution in [0.3, 0.4) is 0 Å². The molecule has 92 valence electrons. The van der Waals surface area contributed by atoms with Gasteiger partial charge in [-0.15, -0.1) is 0 Å². The number of pyridine rings is 1. The van der Waals surface area contributed by atoms with Gasteiger partial charge in [-0.05, 0) is 12.1 Å². The summed E-state index contributed by atoms with van der Waals surface area (Å²) in [4.78, 5) is 26.2. The Morgan fingerprint density at radius 1 is 1.59 bits per heavy atom. The van der Waals surface area contributed by atoms with Crippen molar-refractivity contribution in [3.63, 3.8) is 0 Å². The highest BCUT2D eigenvalue weighted by Crippen LogP contribution is 2.01. The lowest BCUT2D eigenvalue weighted by Gasteiger charge is -2.12. The minimum Gasteiger partial charge on any atom is -0.480 e. The van der Waals surface area contributed by atoms with E-state index < -0.39 is 17.9 Å². The van der Waals surface area contributed by atoms with Crippen LogP contribution in [0.5, 0.6) is 0 Å². The number of anilines is 1. The standard InChI is InChI=1S/C10H13N3O4/c1-17-5-8(10(15)16)13-9(14)7-3-2-6(11)4-12-7/h2-4,8H,5,11H2,1H3,(H,13,14)(H,15,16). The number of rotatable bonds is 5. The highest BCUT2D eigenvalue weighted by atomic mass is 16.5. The third kappa shape index (κ3) is 3.72. The van der Waals surface area contributed by atoms with Crippen LogP contribution >= 0.6 is 0 Å². The zero-order valence-electron chi connectivity index (χ0n) is 9.21. The van der Waals surface area contributed by atoms with E-state index in [0.717, 1.165) is 0 Å². The number of aromatic nitrogens is 1. The molecular weight excluding hydrogens is 226 g/mol. The fourth-order valence-electron chi connectivity index (χ4n) is 1.11. The van der Waals surface area contributed by atoms with E-state index in [9.17, 15) is 9.59 Å². The topological polar surface area (TPSA) is 115 Å². The minimum absolute atomic E-state index is 0.0987. The van der Waals surface area contributed by atoms with Crippen LogP contribution < -0.4 is 11.1 Å². The number of nitrogen functional groups attached to an aromatic ring is 1. The Bertz CT molecular complexity index is 405. The molecule has 17 heavy (non-hydrogen) atoms. The molecule has 0 aliphatic carbocycles. The molecule has 0 aliphatic rings. The molecule has 0 aromatic carbocycles. The molecule has 0 aliphatic heterocycles. The van der Waals surface area contributed by atoms with Crippen molar-refractivity contribution in [3.05, 3.63) is 24.0 Å². The molecule has 0 saturated heterocycles. The zero-order chi connectivity index (χ0) is 12.8. The Kier molecular flexibility index (Phi) is 4.41. The Morgan fingerprint density at radius 3 is 2.76 bits per heavy atom. The highest BCUT2D eigenvalue weighted by Gasteiger charge is 2.20. The number of hydrogen-bond donors (Lipinski definition) is 3. The minimum atomic E-state index is -1.17. The number of nitrogens with two attached hydrogens (primary N) is 1. The number of nitrogens with zero attached hydrogens (tertiary/aromatic N) is 1. The summed E-state index contributed by atoms with van der Waals surface area (Å²) in [7, 11) is 1.35. The van der Waals surface area contributed by atoms with Crippen LogP contribution in [0.4, 0.5) is 5.69 Å². The number of methoxy groups -OCH3 is 1. The third-order valence-electron chi connectivity index (χ3n) is 1.96. The molecule has 1 aromatic rings. The number of carboxylic acid groups (broad SMARTS) is 1. The van der Waals surface area contributed by atoms with E-state index in [0.29, 0.717) is 5.69 Å². The van der Waals surface area contributed by atoms with E-state index in [2.05, 4.69) is 15.0 Å². The molecule has 0 fully saturated rings. The van der Waals surface area contributed by atoms with Crippen molar-refractivity contribution < 1.29 is 19.4 Å². The Morgan fingerprint density at radius 2 is 2.29 bits per heavy atom. The van der Waals surface area contributed by atoms with Crippen molar-refractivity contribution >= 4 is 17.6 Å². The Hall–Kier alpha value is -2.15. The predicted octanol–water partition coefficient (Wildman–Crippen LogP) is -0.507. The van der Waals surface area contributed by atoms with Crippen molar-refractivity contribution in [2.75, 3.05) is 19.5 Å². The molecule has 1 rings (SSSR count). The van der Waals surface area contributed by atoms with Gasteiger partial charge in [-0.25, -0.2) is 9.78 Å².